The molecule has 1 N–H and O–H groups in total. The number of Topliss-reactive ketones (excluding diaryl/α,β-unsaturated/α-hetero) is 1. The molecule has 72 valence electrons. The van der Waals surface area contributed by atoms with Gasteiger partial charge in [0, 0.05) is 11.6 Å². The maximum absolute atomic E-state index is 10.9. The molecule has 0 fully saturated rings. The van der Waals surface area contributed by atoms with E-state index in [4.69, 9.17) is 0 Å². The van der Waals surface area contributed by atoms with Crippen molar-refractivity contribution in [3.63, 3.8) is 0 Å². The second-order valence-corrected chi connectivity index (χ2v) is 4.03. The van der Waals surface area contributed by atoms with Crippen molar-refractivity contribution in [2.75, 3.05) is 0 Å². The number of hydrogen-bond donors (Lipinski definition) is 1. The number of thiazole rings is 1. The number of carbonyl (C=O) groups excluding carboxylic acids is 1. The Morgan fingerprint density at radius 3 is 3.14 bits per heavy atom. The molecule has 14 heavy (non-hydrogen) atoms. The normalized spacial score (nSPS) is 10.4. The smallest absolute Gasteiger partial charge is 0.136 e. The lowest BCUT2D eigenvalue weighted by atomic mass is 10.3. The van der Waals surface area contributed by atoms with E-state index in [9.17, 15) is 4.79 Å². The lowest BCUT2D eigenvalue weighted by molar-refractivity contribution is -0.116. The van der Waals surface area contributed by atoms with Crippen LogP contribution < -0.4 is 0 Å². The van der Waals surface area contributed by atoms with Crippen molar-refractivity contribution in [2.45, 2.75) is 13.3 Å². The van der Waals surface area contributed by atoms with Gasteiger partial charge in [-0.2, -0.15) is 0 Å². The first-order valence-corrected chi connectivity index (χ1v) is 5.21. The lowest BCUT2D eigenvalue weighted by Crippen LogP contribution is -1.95. The summed E-state index contributed by atoms with van der Waals surface area (Å²) in [5.74, 6) is 0.150. The summed E-state index contributed by atoms with van der Waals surface area (Å²) in [5, 5.41) is 2.84. The Morgan fingerprint density at radius 2 is 2.50 bits per heavy atom. The van der Waals surface area contributed by atoms with E-state index < -0.39 is 0 Å². The quantitative estimate of drug-likeness (QED) is 0.837. The molecular weight excluding hydrogens is 196 g/mol. The van der Waals surface area contributed by atoms with Gasteiger partial charge in [-0.05, 0) is 19.1 Å². The fraction of sp³-hybridized carbons (Fsp3) is 0.200. The first-order chi connectivity index (χ1) is 6.75. The summed E-state index contributed by atoms with van der Waals surface area (Å²) in [4.78, 5) is 18.3. The molecule has 0 aliphatic rings. The van der Waals surface area contributed by atoms with Crippen LogP contribution in [0.3, 0.4) is 0 Å². The monoisotopic (exact) mass is 206 g/mol. The third kappa shape index (κ3) is 1.90. The largest absolute Gasteiger partial charge is 0.360 e. The number of carbonyl (C=O) groups is 1. The standard InChI is InChI=1S/C10H10N2OS/c1-7(13)5-10-12-9(6-14-10)8-3-2-4-11-8/h2-4,6,11H,5H2,1H3. The van der Waals surface area contributed by atoms with Crippen molar-refractivity contribution < 1.29 is 4.79 Å². The number of nitrogens with one attached hydrogen (secondary N) is 1. The van der Waals surface area contributed by atoms with Gasteiger partial charge >= 0.3 is 0 Å². The highest BCUT2D eigenvalue weighted by Crippen LogP contribution is 2.20. The van der Waals surface area contributed by atoms with Crippen LogP contribution in [0.1, 0.15) is 11.9 Å². The van der Waals surface area contributed by atoms with E-state index in [0.29, 0.717) is 6.42 Å². The summed E-state index contributed by atoms with van der Waals surface area (Å²) in [5.41, 5.74) is 1.91. The van der Waals surface area contributed by atoms with Crippen molar-refractivity contribution in [1.29, 1.82) is 0 Å². The van der Waals surface area contributed by atoms with Crippen molar-refractivity contribution in [3.8, 4) is 11.4 Å². The molecule has 0 spiro atoms. The first kappa shape index (κ1) is 9.15. The molecule has 3 nitrogen and oxygen atoms in total. The van der Waals surface area contributed by atoms with Crippen molar-refractivity contribution in [3.05, 3.63) is 28.7 Å². The van der Waals surface area contributed by atoms with E-state index in [1.54, 1.807) is 6.92 Å². The Hall–Kier alpha value is -1.42. The molecule has 2 heterocycles. The summed E-state index contributed by atoms with van der Waals surface area (Å²) in [6.45, 7) is 1.58. The zero-order chi connectivity index (χ0) is 9.97. The number of aromatic nitrogens is 2. The lowest BCUT2D eigenvalue weighted by Gasteiger charge is -1.89. The number of nitrogens with zero attached hydrogens (tertiary/aromatic N) is 1. The highest BCUT2D eigenvalue weighted by Gasteiger charge is 2.06. The minimum absolute atomic E-state index is 0.150. The van der Waals surface area contributed by atoms with E-state index in [-0.39, 0.29) is 5.78 Å². The average Bonchev–Trinajstić information content (AvgIpc) is 2.69. The summed E-state index contributed by atoms with van der Waals surface area (Å²) < 4.78 is 0. The summed E-state index contributed by atoms with van der Waals surface area (Å²) in [6.07, 6.45) is 2.30. The molecule has 0 aliphatic heterocycles. The fourth-order valence-electron chi connectivity index (χ4n) is 1.22. The number of hydrogen-bond acceptors (Lipinski definition) is 3. The SMILES string of the molecule is CC(=O)Cc1nc(-c2ccc[nH]2)cs1. The Labute approximate surface area is 85.8 Å². The maximum atomic E-state index is 10.9. The molecule has 0 bridgehead atoms. The van der Waals surface area contributed by atoms with Gasteiger partial charge < -0.3 is 4.98 Å². The summed E-state index contributed by atoms with van der Waals surface area (Å²) >= 11 is 1.52. The fourth-order valence-corrected chi connectivity index (χ4v) is 2.08. The van der Waals surface area contributed by atoms with E-state index >= 15 is 0 Å². The molecule has 0 amide bonds. The third-order valence-corrected chi connectivity index (χ3v) is 2.67. The second kappa shape index (κ2) is 3.75. The molecule has 2 aromatic heterocycles. The van der Waals surface area contributed by atoms with Gasteiger partial charge in [0.2, 0.25) is 0 Å². The van der Waals surface area contributed by atoms with E-state index in [0.717, 1.165) is 16.4 Å². The van der Waals surface area contributed by atoms with Gasteiger partial charge in [0.15, 0.2) is 0 Å². The van der Waals surface area contributed by atoms with E-state index in [1.165, 1.54) is 11.3 Å². The van der Waals surface area contributed by atoms with Crippen molar-refractivity contribution in [1.82, 2.24) is 9.97 Å². The van der Waals surface area contributed by atoms with Crippen LogP contribution in [0.15, 0.2) is 23.7 Å². The van der Waals surface area contributed by atoms with Crippen LogP contribution in [0.4, 0.5) is 0 Å². The predicted molar refractivity (Wildman–Crippen MR) is 56.3 cm³/mol. The van der Waals surface area contributed by atoms with Gasteiger partial charge in [-0.15, -0.1) is 11.3 Å². The zero-order valence-corrected chi connectivity index (χ0v) is 8.60. The van der Waals surface area contributed by atoms with E-state index in [2.05, 4.69) is 9.97 Å². The van der Waals surface area contributed by atoms with Crippen molar-refractivity contribution in [2.24, 2.45) is 0 Å². The molecule has 2 rings (SSSR count). The minimum atomic E-state index is 0.150. The first-order valence-electron chi connectivity index (χ1n) is 4.33. The number of H-pyrrole nitrogens is 1. The Bertz CT molecular complexity index is 431. The summed E-state index contributed by atoms with van der Waals surface area (Å²) in [6, 6.07) is 3.89. The minimum Gasteiger partial charge on any atom is -0.360 e. The molecule has 2 aromatic rings. The van der Waals surface area contributed by atoms with Gasteiger partial charge in [0.1, 0.15) is 10.8 Å². The third-order valence-electron chi connectivity index (χ3n) is 1.83. The van der Waals surface area contributed by atoms with Crippen LogP contribution in [0.25, 0.3) is 11.4 Å². The molecule has 0 unspecified atom stereocenters. The molecule has 0 saturated carbocycles. The van der Waals surface area contributed by atoms with E-state index in [1.807, 2.05) is 23.7 Å². The van der Waals surface area contributed by atoms with Crippen LogP contribution >= 0.6 is 11.3 Å². The summed E-state index contributed by atoms with van der Waals surface area (Å²) in [7, 11) is 0. The number of aromatic amines is 1. The zero-order valence-electron chi connectivity index (χ0n) is 7.78. The molecule has 0 aliphatic carbocycles. The van der Waals surface area contributed by atoms with Gasteiger partial charge in [0.25, 0.3) is 0 Å². The van der Waals surface area contributed by atoms with Gasteiger partial charge in [-0.1, -0.05) is 0 Å². The predicted octanol–water partition coefficient (Wildman–Crippen LogP) is 2.27. The molecule has 0 saturated heterocycles. The van der Waals surface area contributed by atoms with Crippen LogP contribution in [0.2, 0.25) is 0 Å². The number of rotatable bonds is 3. The highest BCUT2D eigenvalue weighted by atomic mass is 32.1. The van der Waals surface area contributed by atoms with Crippen molar-refractivity contribution >= 4 is 17.1 Å². The molecule has 0 aromatic carbocycles. The van der Waals surface area contributed by atoms with Gasteiger partial charge in [-0.3, -0.25) is 4.79 Å². The molecule has 0 radical (unpaired) electrons. The van der Waals surface area contributed by atoms with Crippen LogP contribution in [0.5, 0.6) is 0 Å². The molecular formula is C10H10N2OS. The molecule has 4 heteroatoms. The van der Waals surface area contributed by atoms with Gasteiger partial charge in [0.05, 0.1) is 17.8 Å². The van der Waals surface area contributed by atoms with Crippen LogP contribution in [0, 0.1) is 0 Å². The highest BCUT2D eigenvalue weighted by molar-refractivity contribution is 7.10. The molecule has 0 atom stereocenters. The number of ketones is 1. The Kier molecular flexibility index (Phi) is 2.45. The maximum Gasteiger partial charge on any atom is 0.136 e. The second-order valence-electron chi connectivity index (χ2n) is 3.09. The average molecular weight is 206 g/mol. The Morgan fingerprint density at radius 1 is 1.64 bits per heavy atom. The Balaban J connectivity index is 2.22. The topological polar surface area (TPSA) is 45.8 Å². The van der Waals surface area contributed by atoms with Crippen LogP contribution in [-0.2, 0) is 11.2 Å². The van der Waals surface area contributed by atoms with Crippen LogP contribution in [-0.4, -0.2) is 15.8 Å². The van der Waals surface area contributed by atoms with Gasteiger partial charge in [-0.25, -0.2) is 4.98 Å².